The summed E-state index contributed by atoms with van der Waals surface area (Å²) < 4.78 is 19.2. The summed E-state index contributed by atoms with van der Waals surface area (Å²) in [6.07, 6.45) is 2.34. The number of hydrogen-bond donors (Lipinski definition) is 2. The van der Waals surface area contributed by atoms with Gasteiger partial charge in [-0.1, -0.05) is 24.3 Å². The monoisotopic (exact) mass is 301 g/mol. The Morgan fingerprint density at radius 3 is 2.73 bits per heavy atom. The quantitative estimate of drug-likeness (QED) is 0.758. The maximum Gasteiger partial charge on any atom is 0.128 e. The van der Waals surface area contributed by atoms with Crippen LogP contribution in [0.2, 0.25) is 0 Å². The first-order chi connectivity index (χ1) is 10.7. The van der Waals surface area contributed by atoms with Gasteiger partial charge in [-0.25, -0.2) is 4.39 Å². The van der Waals surface area contributed by atoms with E-state index in [1.54, 1.807) is 37.5 Å². The van der Waals surface area contributed by atoms with Crippen LogP contribution in [0.15, 0.2) is 55.1 Å². The van der Waals surface area contributed by atoms with Crippen molar-refractivity contribution in [2.75, 3.05) is 12.4 Å². The summed E-state index contributed by atoms with van der Waals surface area (Å²) >= 11 is 0. The van der Waals surface area contributed by atoms with Crippen molar-refractivity contribution in [3.8, 4) is 5.75 Å². The van der Waals surface area contributed by atoms with E-state index in [0.717, 1.165) is 5.69 Å². The topological polar surface area (TPSA) is 41.5 Å². The van der Waals surface area contributed by atoms with Crippen LogP contribution in [0.3, 0.4) is 0 Å². The fourth-order valence-electron chi connectivity index (χ4n) is 2.38. The number of hydrogen-bond acceptors (Lipinski definition) is 3. The molecule has 0 aromatic heterocycles. The Labute approximate surface area is 130 Å². The van der Waals surface area contributed by atoms with Gasteiger partial charge in [0.1, 0.15) is 11.6 Å². The van der Waals surface area contributed by atoms with Crippen LogP contribution in [0.25, 0.3) is 0 Å². The smallest absolute Gasteiger partial charge is 0.128 e. The van der Waals surface area contributed by atoms with E-state index in [2.05, 4.69) is 11.9 Å². The van der Waals surface area contributed by atoms with Crippen LogP contribution in [-0.2, 0) is 6.61 Å². The number of methoxy groups -OCH3 is 1. The van der Waals surface area contributed by atoms with Crippen molar-refractivity contribution < 1.29 is 14.2 Å². The van der Waals surface area contributed by atoms with Crippen LogP contribution in [0.1, 0.15) is 23.6 Å². The van der Waals surface area contributed by atoms with E-state index >= 15 is 0 Å². The molecule has 1 atom stereocenters. The summed E-state index contributed by atoms with van der Waals surface area (Å²) in [5.74, 6) is 0.372. The summed E-state index contributed by atoms with van der Waals surface area (Å²) in [5, 5.41) is 12.7. The molecule has 2 rings (SSSR count). The number of rotatable bonds is 7. The number of benzene rings is 2. The lowest BCUT2D eigenvalue weighted by Gasteiger charge is -2.20. The lowest BCUT2D eigenvalue weighted by atomic mass is 10.0. The van der Waals surface area contributed by atoms with E-state index in [1.807, 2.05) is 12.1 Å². The molecule has 22 heavy (non-hydrogen) atoms. The van der Waals surface area contributed by atoms with Crippen molar-refractivity contribution >= 4 is 5.69 Å². The highest BCUT2D eigenvalue weighted by atomic mass is 19.1. The molecule has 0 bridgehead atoms. The van der Waals surface area contributed by atoms with Gasteiger partial charge in [-0.05, 0) is 30.7 Å². The number of nitrogens with one attached hydrogen (secondary N) is 1. The Hall–Kier alpha value is -2.33. The molecule has 0 saturated carbocycles. The third-order valence-corrected chi connectivity index (χ3v) is 3.47. The molecular weight excluding hydrogens is 281 g/mol. The average Bonchev–Trinajstić information content (AvgIpc) is 2.55. The van der Waals surface area contributed by atoms with Gasteiger partial charge in [0.25, 0.3) is 0 Å². The zero-order chi connectivity index (χ0) is 15.9. The highest BCUT2D eigenvalue weighted by Gasteiger charge is 2.14. The predicted molar refractivity (Wildman–Crippen MR) is 86.5 cm³/mol. The number of halogens is 1. The summed E-state index contributed by atoms with van der Waals surface area (Å²) in [6.45, 7) is 3.62. The molecule has 0 heterocycles. The van der Waals surface area contributed by atoms with Crippen LogP contribution in [0, 0.1) is 5.82 Å². The van der Waals surface area contributed by atoms with Crippen LogP contribution >= 0.6 is 0 Å². The molecule has 0 amide bonds. The minimum Gasteiger partial charge on any atom is -0.496 e. The van der Waals surface area contributed by atoms with Crippen LogP contribution in [-0.4, -0.2) is 12.2 Å². The van der Waals surface area contributed by atoms with Crippen LogP contribution in [0.5, 0.6) is 5.75 Å². The Morgan fingerprint density at radius 1 is 1.32 bits per heavy atom. The third-order valence-electron chi connectivity index (χ3n) is 3.47. The number of aliphatic hydroxyl groups is 1. The van der Waals surface area contributed by atoms with E-state index in [1.165, 1.54) is 6.07 Å². The molecule has 2 N–H and O–H groups in total. The van der Waals surface area contributed by atoms with Crippen LogP contribution in [0.4, 0.5) is 10.1 Å². The van der Waals surface area contributed by atoms with Crippen molar-refractivity contribution in [3.63, 3.8) is 0 Å². The van der Waals surface area contributed by atoms with Gasteiger partial charge in [0.15, 0.2) is 0 Å². The van der Waals surface area contributed by atoms with Crippen molar-refractivity contribution in [2.24, 2.45) is 0 Å². The first kappa shape index (κ1) is 16.0. The summed E-state index contributed by atoms with van der Waals surface area (Å²) in [7, 11) is 1.56. The Morgan fingerprint density at radius 2 is 2.09 bits per heavy atom. The van der Waals surface area contributed by atoms with Gasteiger partial charge in [0, 0.05) is 16.8 Å². The van der Waals surface area contributed by atoms with Gasteiger partial charge in [0.2, 0.25) is 0 Å². The van der Waals surface area contributed by atoms with E-state index in [-0.39, 0.29) is 18.5 Å². The minimum atomic E-state index is -0.252. The molecule has 0 spiro atoms. The maximum absolute atomic E-state index is 14.0. The lowest BCUT2D eigenvalue weighted by Crippen LogP contribution is -2.12. The minimum absolute atomic E-state index is 0.121. The SMILES string of the molecule is C=CCC(Nc1ccc(OC)c(CO)c1)c1ccccc1F. The van der Waals surface area contributed by atoms with E-state index in [0.29, 0.717) is 23.3 Å². The molecule has 2 aromatic rings. The van der Waals surface area contributed by atoms with Gasteiger partial charge in [-0.15, -0.1) is 6.58 Å². The molecule has 0 aliphatic heterocycles. The van der Waals surface area contributed by atoms with Gasteiger partial charge in [-0.3, -0.25) is 0 Å². The maximum atomic E-state index is 14.0. The Kier molecular flexibility index (Phi) is 5.55. The van der Waals surface area contributed by atoms with Gasteiger partial charge < -0.3 is 15.2 Å². The standard InChI is InChI=1S/C18H20FNO2/c1-3-6-17(15-7-4-5-8-16(15)19)20-14-9-10-18(22-2)13(11-14)12-21/h3-5,7-11,17,20-21H,1,6,12H2,2H3. The molecule has 4 heteroatoms. The fraction of sp³-hybridized carbons (Fsp3) is 0.222. The first-order valence-electron chi connectivity index (χ1n) is 7.09. The van der Waals surface area contributed by atoms with E-state index < -0.39 is 0 Å². The lowest BCUT2D eigenvalue weighted by molar-refractivity contribution is 0.274. The second kappa shape index (κ2) is 7.61. The summed E-state index contributed by atoms with van der Waals surface area (Å²) in [4.78, 5) is 0. The molecule has 0 aliphatic rings. The molecular formula is C18H20FNO2. The molecule has 3 nitrogen and oxygen atoms in total. The highest BCUT2D eigenvalue weighted by molar-refractivity contribution is 5.52. The second-order valence-electron chi connectivity index (χ2n) is 4.93. The number of anilines is 1. The predicted octanol–water partition coefficient (Wildman–Crippen LogP) is 4.06. The average molecular weight is 301 g/mol. The molecule has 0 saturated heterocycles. The summed E-state index contributed by atoms with van der Waals surface area (Å²) in [5.41, 5.74) is 2.06. The van der Waals surface area contributed by atoms with Crippen molar-refractivity contribution in [1.29, 1.82) is 0 Å². The first-order valence-corrected chi connectivity index (χ1v) is 7.09. The molecule has 0 radical (unpaired) electrons. The van der Waals surface area contributed by atoms with Crippen molar-refractivity contribution in [1.82, 2.24) is 0 Å². The summed E-state index contributed by atoms with van der Waals surface area (Å²) in [6, 6.07) is 11.9. The molecule has 2 aromatic carbocycles. The zero-order valence-electron chi connectivity index (χ0n) is 12.6. The van der Waals surface area contributed by atoms with Gasteiger partial charge in [0.05, 0.1) is 19.8 Å². The van der Waals surface area contributed by atoms with Crippen molar-refractivity contribution in [2.45, 2.75) is 19.1 Å². The zero-order valence-corrected chi connectivity index (χ0v) is 12.6. The Bertz CT molecular complexity index is 643. The van der Waals surface area contributed by atoms with Crippen LogP contribution < -0.4 is 10.1 Å². The van der Waals surface area contributed by atoms with Crippen molar-refractivity contribution in [3.05, 3.63) is 72.1 Å². The van der Waals surface area contributed by atoms with Gasteiger partial charge >= 0.3 is 0 Å². The molecule has 0 aliphatic carbocycles. The third kappa shape index (κ3) is 3.65. The molecule has 116 valence electrons. The molecule has 0 fully saturated rings. The normalized spacial score (nSPS) is 11.8. The molecule has 1 unspecified atom stereocenters. The number of ether oxygens (including phenoxy) is 1. The van der Waals surface area contributed by atoms with E-state index in [9.17, 15) is 9.50 Å². The second-order valence-corrected chi connectivity index (χ2v) is 4.93. The largest absolute Gasteiger partial charge is 0.496 e. The highest BCUT2D eigenvalue weighted by Crippen LogP contribution is 2.28. The Balaban J connectivity index is 2.28. The number of aliphatic hydroxyl groups excluding tert-OH is 1. The van der Waals surface area contributed by atoms with Gasteiger partial charge in [-0.2, -0.15) is 0 Å². The van der Waals surface area contributed by atoms with E-state index in [4.69, 9.17) is 4.74 Å². The fourth-order valence-corrected chi connectivity index (χ4v) is 2.38.